The quantitative estimate of drug-likeness (QED) is 0.822. The van der Waals surface area contributed by atoms with Crippen LogP contribution in [0.25, 0.3) is 0 Å². The molecule has 5 nitrogen and oxygen atoms in total. The number of carbonyl (C=O) groups is 1. The summed E-state index contributed by atoms with van der Waals surface area (Å²) in [6.45, 7) is 2.70. The summed E-state index contributed by atoms with van der Waals surface area (Å²) in [6, 6.07) is 1.84. The largest absolute Gasteiger partial charge is 0.463 e. The zero-order valence-electron chi connectivity index (χ0n) is 10.8. The van der Waals surface area contributed by atoms with Crippen LogP contribution in [0.3, 0.4) is 0 Å². The van der Waals surface area contributed by atoms with Crippen LogP contribution in [0.2, 0.25) is 0 Å². The van der Waals surface area contributed by atoms with Gasteiger partial charge in [0.25, 0.3) is 0 Å². The van der Waals surface area contributed by atoms with Crippen LogP contribution in [-0.2, 0) is 4.74 Å². The second kappa shape index (κ2) is 5.14. The number of hydrogen-bond acceptors (Lipinski definition) is 6. The molecule has 1 aliphatic rings. The summed E-state index contributed by atoms with van der Waals surface area (Å²) in [5.74, 6) is 0.282. The van der Waals surface area contributed by atoms with Crippen molar-refractivity contribution in [3.63, 3.8) is 0 Å². The maximum atomic E-state index is 11.4. The molecule has 0 atom stereocenters. The van der Waals surface area contributed by atoms with Gasteiger partial charge in [0.15, 0.2) is 0 Å². The summed E-state index contributed by atoms with van der Waals surface area (Å²) in [7, 11) is 1.33. The minimum Gasteiger partial charge on any atom is -0.463 e. The molecule has 1 aromatic rings. The van der Waals surface area contributed by atoms with Gasteiger partial charge in [-0.2, -0.15) is 11.8 Å². The maximum absolute atomic E-state index is 11.4. The monoisotopic (exact) mass is 267 g/mol. The smallest absolute Gasteiger partial charge is 0.376 e. The molecule has 0 radical (unpaired) electrons. The zero-order valence-corrected chi connectivity index (χ0v) is 11.6. The average Bonchev–Trinajstić information content (AvgIpc) is 3.15. The molecule has 0 aromatic carbocycles. The number of hydrogen-bond donors (Lipinski definition) is 1. The van der Waals surface area contributed by atoms with E-state index in [1.165, 1.54) is 20.0 Å². The number of nitrogens with one attached hydrogen (secondary N) is 1. The van der Waals surface area contributed by atoms with Crippen molar-refractivity contribution in [1.82, 2.24) is 9.97 Å². The van der Waals surface area contributed by atoms with Crippen LogP contribution in [0.4, 0.5) is 5.82 Å². The van der Waals surface area contributed by atoms with E-state index < -0.39 is 5.97 Å². The van der Waals surface area contributed by atoms with Crippen LogP contribution >= 0.6 is 11.8 Å². The number of ether oxygens (including phenoxy) is 1. The van der Waals surface area contributed by atoms with E-state index in [9.17, 15) is 4.79 Å². The number of carbonyl (C=O) groups excluding carboxylic acids is 1. The standard InChI is InChI=1S/C12H17N3O2S/c1-8-6-9(13-7-12(18-3)4-5-12)15-10(14-8)11(16)17-2/h6H,4-5,7H2,1-3H3,(H,13,14,15). The van der Waals surface area contributed by atoms with E-state index in [4.69, 9.17) is 0 Å². The van der Waals surface area contributed by atoms with Crippen LogP contribution in [-0.4, -0.2) is 40.6 Å². The molecule has 0 saturated heterocycles. The minimum absolute atomic E-state index is 0.106. The fourth-order valence-electron chi connectivity index (χ4n) is 1.69. The lowest BCUT2D eigenvalue weighted by Gasteiger charge is -2.14. The lowest BCUT2D eigenvalue weighted by atomic mass is 10.3. The SMILES string of the molecule is COC(=O)c1nc(C)cc(NCC2(SC)CC2)n1. The van der Waals surface area contributed by atoms with Crippen molar-refractivity contribution in [2.24, 2.45) is 0 Å². The molecule has 0 bridgehead atoms. The number of anilines is 1. The van der Waals surface area contributed by atoms with Gasteiger partial charge in [0.1, 0.15) is 5.82 Å². The van der Waals surface area contributed by atoms with Gasteiger partial charge in [-0.05, 0) is 26.0 Å². The Morgan fingerprint density at radius 1 is 1.56 bits per heavy atom. The van der Waals surface area contributed by atoms with E-state index in [0.29, 0.717) is 10.6 Å². The van der Waals surface area contributed by atoms with E-state index in [1.54, 1.807) is 0 Å². The Hall–Kier alpha value is -1.30. The number of thioether (sulfide) groups is 1. The summed E-state index contributed by atoms with van der Waals surface area (Å²) < 4.78 is 4.98. The Labute approximate surface area is 111 Å². The van der Waals surface area contributed by atoms with E-state index in [0.717, 1.165) is 12.2 Å². The molecule has 1 saturated carbocycles. The van der Waals surface area contributed by atoms with Crippen molar-refractivity contribution in [2.75, 3.05) is 25.2 Å². The van der Waals surface area contributed by atoms with E-state index in [-0.39, 0.29) is 5.82 Å². The van der Waals surface area contributed by atoms with Gasteiger partial charge in [0.05, 0.1) is 7.11 Å². The molecule has 1 heterocycles. The van der Waals surface area contributed by atoms with Crippen molar-refractivity contribution in [1.29, 1.82) is 0 Å². The lowest BCUT2D eigenvalue weighted by Crippen LogP contribution is -2.19. The van der Waals surface area contributed by atoms with E-state index >= 15 is 0 Å². The molecule has 98 valence electrons. The second-order valence-electron chi connectivity index (χ2n) is 4.45. The maximum Gasteiger partial charge on any atom is 0.376 e. The van der Waals surface area contributed by atoms with Crippen LogP contribution in [0.15, 0.2) is 6.07 Å². The number of rotatable bonds is 5. The summed E-state index contributed by atoms with van der Waals surface area (Å²) >= 11 is 1.88. The van der Waals surface area contributed by atoms with Crippen LogP contribution < -0.4 is 5.32 Å². The number of aryl methyl sites for hydroxylation is 1. The zero-order chi connectivity index (χ0) is 13.2. The summed E-state index contributed by atoms with van der Waals surface area (Å²) in [5.41, 5.74) is 0.752. The molecule has 18 heavy (non-hydrogen) atoms. The Morgan fingerprint density at radius 2 is 2.28 bits per heavy atom. The highest BCUT2D eigenvalue weighted by molar-refractivity contribution is 8.00. The van der Waals surface area contributed by atoms with Gasteiger partial charge >= 0.3 is 5.97 Å². The first-order valence-electron chi connectivity index (χ1n) is 5.81. The van der Waals surface area contributed by atoms with Gasteiger partial charge in [-0.25, -0.2) is 14.8 Å². The molecule has 1 fully saturated rings. The minimum atomic E-state index is -0.507. The van der Waals surface area contributed by atoms with Crippen LogP contribution in [0, 0.1) is 6.92 Å². The fourth-order valence-corrected chi connectivity index (χ4v) is 2.41. The van der Waals surface area contributed by atoms with Gasteiger partial charge in [-0.1, -0.05) is 0 Å². The van der Waals surface area contributed by atoms with Gasteiger partial charge in [-0.3, -0.25) is 0 Å². The highest BCUT2D eigenvalue weighted by atomic mass is 32.2. The second-order valence-corrected chi connectivity index (χ2v) is 5.72. The van der Waals surface area contributed by atoms with E-state index in [1.807, 2.05) is 24.8 Å². The normalized spacial score (nSPS) is 16.2. The third-order valence-electron chi connectivity index (χ3n) is 3.05. The highest BCUT2D eigenvalue weighted by Crippen LogP contribution is 2.46. The number of methoxy groups -OCH3 is 1. The van der Waals surface area contributed by atoms with Gasteiger partial charge in [0.2, 0.25) is 5.82 Å². The number of esters is 1. The molecule has 0 amide bonds. The highest BCUT2D eigenvalue weighted by Gasteiger charge is 2.41. The fraction of sp³-hybridized carbons (Fsp3) is 0.583. The van der Waals surface area contributed by atoms with Crippen molar-refractivity contribution in [3.05, 3.63) is 17.6 Å². The summed E-state index contributed by atoms with van der Waals surface area (Å²) in [4.78, 5) is 19.6. The van der Waals surface area contributed by atoms with Crippen LogP contribution in [0.5, 0.6) is 0 Å². The molecule has 1 aromatic heterocycles. The number of nitrogens with zero attached hydrogens (tertiary/aromatic N) is 2. The van der Waals surface area contributed by atoms with Crippen molar-refractivity contribution in [2.45, 2.75) is 24.5 Å². The Balaban J connectivity index is 2.08. The summed E-state index contributed by atoms with van der Waals surface area (Å²) in [6.07, 6.45) is 4.59. The first kappa shape index (κ1) is 13.1. The van der Waals surface area contributed by atoms with E-state index in [2.05, 4.69) is 26.3 Å². The Kier molecular flexibility index (Phi) is 3.75. The molecular weight excluding hydrogens is 250 g/mol. The molecule has 0 spiro atoms. The molecule has 0 unspecified atom stereocenters. The average molecular weight is 267 g/mol. The molecule has 1 N–H and O–H groups in total. The van der Waals surface area contributed by atoms with Crippen molar-refractivity contribution in [3.8, 4) is 0 Å². The van der Waals surface area contributed by atoms with Gasteiger partial charge in [-0.15, -0.1) is 0 Å². The van der Waals surface area contributed by atoms with Crippen LogP contribution in [0.1, 0.15) is 29.2 Å². The summed E-state index contributed by atoms with van der Waals surface area (Å²) in [5, 5.41) is 3.28. The van der Waals surface area contributed by atoms with Gasteiger partial charge in [0, 0.05) is 23.1 Å². The first-order chi connectivity index (χ1) is 8.58. The number of aromatic nitrogens is 2. The third kappa shape index (κ3) is 2.93. The van der Waals surface area contributed by atoms with Crippen molar-refractivity contribution >= 4 is 23.5 Å². The molecule has 1 aliphatic carbocycles. The molecular formula is C12H17N3O2S. The lowest BCUT2D eigenvalue weighted by molar-refractivity contribution is 0.0586. The Morgan fingerprint density at radius 3 is 2.83 bits per heavy atom. The first-order valence-corrected chi connectivity index (χ1v) is 7.04. The molecule has 6 heteroatoms. The molecule has 0 aliphatic heterocycles. The predicted molar refractivity (Wildman–Crippen MR) is 72.1 cm³/mol. The molecule has 2 rings (SSSR count). The third-order valence-corrected chi connectivity index (χ3v) is 4.47. The van der Waals surface area contributed by atoms with Gasteiger partial charge < -0.3 is 10.1 Å². The van der Waals surface area contributed by atoms with Crippen molar-refractivity contribution < 1.29 is 9.53 Å². The Bertz CT molecular complexity index is 461. The predicted octanol–water partition coefficient (Wildman–Crippen LogP) is 1.88. The topological polar surface area (TPSA) is 64.1 Å².